The van der Waals surface area contributed by atoms with Gasteiger partial charge in [0.25, 0.3) is 0 Å². The van der Waals surface area contributed by atoms with Crippen LogP contribution in [0.25, 0.3) is 11.0 Å². The van der Waals surface area contributed by atoms with Crippen molar-refractivity contribution in [3.05, 3.63) is 58.8 Å². The van der Waals surface area contributed by atoms with Crippen LogP contribution in [0.1, 0.15) is 28.7 Å². The third-order valence-electron chi connectivity index (χ3n) is 5.45. The van der Waals surface area contributed by atoms with Gasteiger partial charge in [0, 0.05) is 30.7 Å². The monoisotopic (exact) mass is 412 g/mol. The maximum atomic E-state index is 12.6. The number of anilines is 1. The summed E-state index contributed by atoms with van der Waals surface area (Å²) in [5.74, 6) is -0.217. The summed E-state index contributed by atoms with van der Waals surface area (Å²) in [7, 11) is -0.610. The molecule has 0 fully saturated rings. The molecule has 1 heterocycles. The molecule has 0 bridgehead atoms. The molecule has 1 aliphatic carbocycles. The number of aryl methyl sites for hydroxylation is 3. The van der Waals surface area contributed by atoms with E-state index < -0.39 is 10.0 Å². The molecule has 2 aromatic carbocycles. The lowest BCUT2D eigenvalue weighted by atomic mass is 10.0. The Balaban J connectivity index is 1.56. The van der Waals surface area contributed by atoms with Crippen molar-refractivity contribution < 1.29 is 17.6 Å². The molecule has 1 aromatic heterocycles. The van der Waals surface area contributed by atoms with Crippen molar-refractivity contribution in [2.75, 3.05) is 19.4 Å². The molecule has 152 valence electrons. The summed E-state index contributed by atoms with van der Waals surface area (Å²) in [6.45, 7) is 1.73. The summed E-state index contributed by atoms with van der Waals surface area (Å²) in [4.78, 5) is 12.8. The lowest BCUT2D eigenvalue weighted by Crippen LogP contribution is -2.23. The van der Waals surface area contributed by atoms with Gasteiger partial charge in [0.2, 0.25) is 15.9 Å². The number of sulfonamides is 1. The van der Waals surface area contributed by atoms with E-state index in [9.17, 15) is 13.2 Å². The van der Waals surface area contributed by atoms with Gasteiger partial charge in [-0.15, -0.1) is 0 Å². The maximum absolute atomic E-state index is 12.6. The Labute approximate surface area is 170 Å². The van der Waals surface area contributed by atoms with Crippen LogP contribution in [0, 0.1) is 6.92 Å². The Morgan fingerprint density at radius 3 is 2.59 bits per heavy atom. The Hall–Kier alpha value is -2.64. The van der Waals surface area contributed by atoms with E-state index >= 15 is 0 Å². The fourth-order valence-electron chi connectivity index (χ4n) is 3.82. The topological polar surface area (TPSA) is 79.6 Å². The van der Waals surface area contributed by atoms with Crippen LogP contribution in [0.5, 0.6) is 0 Å². The van der Waals surface area contributed by atoms with Crippen molar-refractivity contribution in [1.82, 2.24) is 4.31 Å². The van der Waals surface area contributed by atoms with Gasteiger partial charge in [0.05, 0.1) is 17.6 Å². The fraction of sp³-hybridized carbons (Fsp3) is 0.318. The van der Waals surface area contributed by atoms with Gasteiger partial charge < -0.3 is 9.73 Å². The molecule has 0 saturated carbocycles. The van der Waals surface area contributed by atoms with Crippen LogP contribution in [0.3, 0.4) is 0 Å². The van der Waals surface area contributed by atoms with E-state index in [2.05, 4.69) is 17.4 Å². The van der Waals surface area contributed by atoms with Gasteiger partial charge in [-0.2, -0.15) is 0 Å². The van der Waals surface area contributed by atoms with Crippen molar-refractivity contribution in [3.63, 3.8) is 0 Å². The zero-order chi connectivity index (χ0) is 20.8. The highest BCUT2D eigenvalue weighted by molar-refractivity contribution is 7.89. The van der Waals surface area contributed by atoms with Crippen LogP contribution in [0.15, 0.2) is 45.9 Å². The molecular formula is C22H24N2O4S. The van der Waals surface area contributed by atoms with Gasteiger partial charge in [-0.25, -0.2) is 12.7 Å². The summed E-state index contributed by atoms with van der Waals surface area (Å²) in [5.41, 5.74) is 5.39. The van der Waals surface area contributed by atoms with E-state index in [-0.39, 0.29) is 17.2 Å². The minimum absolute atomic E-state index is 0.162. The molecule has 0 atom stereocenters. The van der Waals surface area contributed by atoms with Crippen molar-refractivity contribution in [2.45, 2.75) is 37.5 Å². The number of hydrogen-bond donors (Lipinski definition) is 1. The van der Waals surface area contributed by atoms with Crippen LogP contribution in [-0.4, -0.2) is 32.7 Å². The van der Waals surface area contributed by atoms with E-state index in [1.807, 2.05) is 0 Å². The third-order valence-corrected chi connectivity index (χ3v) is 7.41. The molecule has 0 radical (unpaired) electrons. The second-order valence-electron chi connectivity index (χ2n) is 7.72. The number of fused-ring (bicyclic) bond motifs is 2. The Morgan fingerprint density at radius 1 is 1.14 bits per heavy atom. The highest BCUT2D eigenvalue weighted by Gasteiger charge is 2.21. The number of hydrogen-bond acceptors (Lipinski definition) is 4. The van der Waals surface area contributed by atoms with Gasteiger partial charge >= 0.3 is 0 Å². The minimum Gasteiger partial charge on any atom is -0.464 e. The van der Waals surface area contributed by atoms with E-state index in [0.717, 1.165) is 40.1 Å². The summed E-state index contributed by atoms with van der Waals surface area (Å²) < 4.78 is 31.8. The lowest BCUT2D eigenvalue weighted by Gasteiger charge is -2.15. The molecule has 3 aromatic rings. The summed E-state index contributed by atoms with van der Waals surface area (Å²) in [5, 5.41) is 3.79. The summed E-state index contributed by atoms with van der Waals surface area (Å²) in [6, 6.07) is 9.13. The largest absolute Gasteiger partial charge is 0.464 e. The van der Waals surface area contributed by atoms with Gasteiger partial charge in [0.1, 0.15) is 5.58 Å². The zero-order valence-electron chi connectivity index (χ0n) is 16.8. The normalized spacial score (nSPS) is 13.8. The molecule has 29 heavy (non-hydrogen) atoms. The van der Waals surface area contributed by atoms with Crippen molar-refractivity contribution in [3.8, 4) is 0 Å². The fourth-order valence-corrected chi connectivity index (χ4v) is 4.96. The van der Waals surface area contributed by atoms with Crippen molar-refractivity contribution >= 4 is 32.6 Å². The first-order valence-electron chi connectivity index (χ1n) is 9.60. The van der Waals surface area contributed by atoms with Gasteiger partial charge in [-0.1, -0.05) is 6.07 Å². The van der Waals surface area contributed by atoms with Crippen molar-refractivity contribution in [1.29, 1.82) is 0 Å². The quantitative estimate of drug-likeness (QED) is 0.694. The second-order valence-corrected chi connectivity index (χ2v) is 9.84. The predicted octanol–water partition coefficient (Wildman–Crippen LogP) is 3.66. The van der Waals surface area contributed by atoms with E-state index in [1.54, 1.807) is 25.3 Å². The summed E-state index contributed by atoms with van der Waals surface area (Å²) in [6.07, 6.45) is 5.09. The summed E-state index contributed by atoms with van der Waals surface area (Å²) >= 11 is 0. The maximum Gasteiger partial charge on any atom is 0.242 e. The van der Waals surface area contributed by atoms with E-state index in [4.69, 9.17) is 4.42 Å². The van der Waals surface area contributed by atoms with Crippen LogP contribution >= 0.6 is 0 Å². The minimum atomic E-state index is -3.58. The van der Waals surface area contributed by atoms with Crippen LogP contribution in [0.4, 0.5) is 5.69 Å². The number of furan rings is 1. The number of nitrogens with zero attached hydrogens (tertiary/aromatic N) is 1. The van der Waals surface area contributed by atoms with Gasteiger partial charge in [-0.05, 0) is 67.1 Å². The molecule has 1 amide bonds. The van der Waals surface area contributed by atoms with E-state index in [1.165, 1.54) is 31.3 Å². The molecule has 0 aliphatic heterocycles. The number of nitrogens with one attached hydrogen (secondary N) is 1. The van der Waals surface area contributed by atoms with Crippen molar-refractivity contribution in [2.24, 2.45) is 0 Å². The molecule has 1 aliphatic rings. The van der Waals surface area contributed by atoms with Crippen LogP contribution in [-0.2, 0) is 34.1 Å². The molecule has 4 rings (SSSR count). The smallest absolute Gasteiger partial charge is 0.242 e. The van der Waals surface area contributed by atoms with Crippen LogP contribution in [0.2, 0.25) is 0 Å². The Bertz CT molecular complexity index is 1210. The van der Waals surface area contributed by atoms with Gasteiger partial charge in [-0.3, -0.25) is 4.79 Å². The second kappa shape index (κ2) is 7.31. The standard InChI is InChI=1S/C22H24N2O4S/c1-14-7-8-18(12-21(14)29(26,27)24(2)3)23-22(25)11-17-13-28-20-10-16-6-4-5-15(16)9-19(17)20/h7-10,12-13H,4-6,11H2,1-3H3,(H,23,25). The Kier molecular flexibility index (Phi) is 4.96. The third kappa shape index (κ3) is 3.68. The Morgan fingerprint density at radius 2 is 1.86 bits per heavy atom. The first-order valence-corrected chi connectivity index (χ1v) is 11.0. The first kappa shape index (κ1) is 19.7. The number of benzene rings is 2. The van der Waals surface area contributed by atoms with Gasteiger partial charge in [0.15, 0.2) is 0 Å². The zero-order valence-corrected chi connectivity index (χ0v) is 17.6. The SMILES string of the molecule is Cc1ccc(NC(=O)Cc2coc3cc4c(cc23)CCC4)cc1S(=O)(=O)N(C)C. The molecular weight excluding hydrogens is 388 g/mol. The molecule has 1 N–H and O–H groups in total. The first-order chi connectivity index (χ1) is 13.8. The number of carbonyl (C=O) groups excluding carboxylic acids is 1. The predicted molar refractivity (Wildman–Crippen MR) is 113 cm³/mol. The average Bonchev–Trinajstić information content (AvgIpc) is 3.27. The number of rotatable bonds is 5. The molecule has 0 spiro atoms. The number of amides is 1. The highest BCUT2D eigenvalue weighted by atomic mass is 32.2. The average molecular weight is 413 g/mol. The molecule has 0 saturated heterocycles. The highest BCUT2D eigenvalue weighted by Crippen LogP contribution is 2.31. The lowest BCUT2D eigenvalue weighted by molar-refractivity contribution is -0.115. The number of carbonyl (C=O) groups is 1. The van der Waals surface area contributed by atoms with Crippen LogP contribution < -0.4 is 5.32 Å². The molecule has 6 nitrogen and oxygen atoms in total. The molecule has 7 heteroatoms. The van der Waals surface area contributed by atoms with E-state index in [0.29, 0.717) is 11.3 Å². The molecule has 0 unspecified atom stereocenters.